The number of aryl methyl sites for hydroxylation is 4. The predicted molar refractivity (Wildman–Crippen MR) is 435 cm³/mol. The number of halogens is 9. The molecule has 0 bridgehead atoms. The second-order valence-corrected chi connectivity index (χ2v) is 30.0. The van der Waals surface area contributed by atoms with Crippen LogP contribution in [0.15, 0.2) is 179 Å². The second kappa shape index (κ2) is 54.8. The Morgan fingerprint density at radius 3 is 1.69 bits per heavy atom. The number of ether oxygens (including phenoxy) is 2. The van der Waals surface area contributed by atoms with Crippen LogP contribution in [0.25, 0.3) is 44.1 Å². The van der Waals surface area contributed by atoms with Crippen molar-refractivity contribution in [2.24, 2.45) is 0 Å². The van der Waals surface area contributed by atoms with Gasteiger partial charge in [0.2, 0.25) is 5.43 Å². The molecule has 0 unspecified atom stereocenters. The zero-order chi connectivity index (χ0) is 82.4. The number of carbonyl (C=O) groups excluding carboxylic acids is 1. The van der Waals surface area contributed by atoms with E-state index in [4.69, 9.17) is 76.4 Å². The van der Waals surface area contributed by atoms with E-state index in [1.807, 2.05) is 107 Å². The minimum absolute atomic E-state index is 0. The molecule has 0 aliphatic rings. The number of aliphatic hydroxyl groups is 1. The monoisotopic (exact) mass is 1940 g/mol. The summed E-state index contributed by atoms with van der Waals surface area (Å²) >= 11 is 37.9. The number of anilines is 2. The van der Waals surface area contributed by atoms with Crippen LogP contribution < -0.4 is 50.8 Å². The van der Waals surface area contributed by atoms with Gasteiger partial charge in [-0.2, -0.15) is 49.2 Å². The molecule has 0 fully saturated rings. The van der Waals surface area contributed by atoms with Crippen molar-refractivity contribution in [2.75, 3.05) is 17.7 Å². The number of aromatic nitrogens is 20. The molecular formula is C60H69Br4Cl5N24NaO15PS. The van der Waals surface area contributed by atoms with E-state index < -0.39 is 25.6 Å². The van der Waals surface area contributed by atoms with Gasteiger partial charge in [0.25, 0.3) is 5.09 Å². The first kappa shape index (κ1) is 100. The third kappa shape index (κ3) is 44.7. The van der Waals surface area contributed by atoms with E-state index in [2.05, 4.69) is 201 Å². The second-order valence-electron chi connectivity index (χ2n) is 20.0. The van der Waals surface area contributed by atoms with E-state index in [1.54, 1.807) is 75.6 Å². The number of esters is 1. The number of allylic oxidation sites excluding steroid dienone is 1. The van der Waals surface area contributed by atoms with Crippen LogP contribution in [0.1, 0.15) is 50.6 Å². The minimum atomic E-state index is -4.67. The summed E-state index contributed by atoms with van der Waals surface area (Å²) < 4.78 is 53.2. The smallest absolute Gasteiger partial charge is 1.00 e. The van der Waals surface area contributed by atoms with Gasteiger partial charge in [0, 0.05) is 101 Å². The molecule has 0 radical (unpaired) electrons. The molecule has 12 heterocycles. The molecule has 14 rings (SSSR count). The fourth-order valence-electron chi connectivity index (χ4n) is 7.40. The quantitative estimate of drug-likeness (QED) is 0.0121. The van der Waals surface area contributed by atoms with Gasteiger partial charge in [0.1, 0.15) is 55.1 Å². The number of nitrogens with zero attached hydrogens (tertiary/aromatic N) is 13. The van der Waals surface area contributed by atoms with Crippen LogP contribution in [0.2, 0.25) is 10.0 Å². The van der Waals surface area contributed by atoms with Crippen LogP contribution in [-0.4, -0.2) is 152 Å². The van der Waals surface area contributed by atoms with Crippen molar-refractivity contribution in [3.8, 4) is 5.75 Å². The molecule has 0 atom stereocenters. The van der Waals surface area contributed by atoms with Crippen molar-refractivity contribution in [2.45, 2.75) is 54.8 Å². The Bertz CT molecular complexity index is 5200. The molecule has 51 heteroatoms. The van der Waals surface area contributed by atoms with E-state index in [1.165, 1.54) is 12.3 Å². The number of hydrogen-bond acceptors (Lipinski definition) is 25. The van der Waals surface area contributed by atoms with Gasteiger partial charge in [0.15, 0.2) is 11.3 Å². The molecular weight excluding hydrogens is 1880 g/mol. The number of benzene rings is 2. The summed E-state index contributed by atoms with van der Waals surface area (Å²) in [5.74, 6) is 0.397. The molecule has 0 saturated heterocycles. The van der Waals surface area contributed by atoms with E-state index in [-0.39, 0.29) is 56.1 Å². The van der Waals surface area contributed by atoms with Gasteiger partial charge in [-0.1, -0.05) is 83.9 Å². The maximum atomic E-state index is 11.2. The fraction of sp³-hybridized carbons (Fsp3) is 0.150. The number of nitrogens with two attached hydrogens (primary N) is 1. The Balaban J connectivity index is 0. The van der Waals surface area contributed by atoms with E-state index >= 15 is 0 Å². The van der Waals surface area contributed by atoms with E-state index in [0.29, 0.717) is 45.7 Å². The largest absolute Gasteiger partial charge is 1.00 e. The Morgan fingerprint density at radius 2 is 1.23 bits per heavy atom. The van der Waals surface area contributed by atoms with Crippen molar-refractivity contribution in [3.05, 3.63) is 248 Å². The summed E-state index contributed by atoms with van der Waals surface area (Å²) in [5, 5.41) is 84.3. The van der Waals surface area contributed by atoms with Gasteiger partial charge >= 0.3 is 56.8 Å². The zero-order valence-electron chi connectivity index (χ0n) is 59.6. The number of rotatable bonds is 9. The van der Waals surface area contributed by atoms with E-state index in [9.17, 15) is 24.3 Å². The molecule has 0 spiro atoms. The summed E-state index contributed by atoms with van der Waals surface area (Å²) in [5.41, 5.74) is 18.9. The number of fused-ring (bicyclic) bond motifs is 4. The van der Waals surface area contributed by atoms with Crippen LogP contribution in [0.5, 0.6) is 5.75 Å². The van der Waals surface area contributed by atoms with E-state index in [0.717, 1.165) is 93.8 Å². The van der Waals surface area contributed by atoms with Crippen LogP contribution in [0, 0.1) is 47.9 Å². The molecule has 16 N–H and O–H groups in total. The van der Waals surface area contributed by atoms with Gasteiger partial charge in [-0.05, 0) is 136 Å². The fourth-order valence-corrected chi connectivity index (χ4v) is 8.71. The summed E-state index contributed by atoms with van der Waals surface area (Å²) in [6.07, 6.45) is 17.0. The number of aliphatic hydroxyl groups excluding tert-OH is 1. The number of nitrogen functional groups attached to an aromatic ring is 1. The summed E-state index contributed by atoms with van der Waals surface area (Å²) in [6.45, 7) is 12.2. The van der Waals surface area contributed by atoms with Crippen LogP contribution >= 0.6 is 122 Å². The van der Waals surface area contributed by atoms with Crippen molar-refractivity contribution in [1.29, 1.82) is 0 Å². The number of hydrogen-bond donors (Lipinski definition) is 15. The Morgan fingerprint density at radius 1 is 0.712 bits per heavy atom. The average molecular weight is 1950 g/mol. The topological polar surface area (TPSA) is 593 Å². The molecule has 0 amide bonds. The van der Waals surface area contributed by atoms with Crippen molar-refractivity contribution in [1.82, 2.24) is 102 Å². The number of H-pyrrole nitrogens is 9. The molecule has 0 aliphatic heterocycles. The van der Waals surface area contributed by atoms with Gasteiger partial charge < -0.3 is 37.2 Å². The van der Waals surface area contributed by atoms with Crippen LogP contribution in [0.3, 0.4) is 0 Å². The first-order chi connectivity index (χ1) is 52.0. The number of nitro groups is 1. The molecule has 111 heavy (non-hydrogen) atoms. The molecule has 2 aromatic carbocycles. The molecule has 0 aliphatic carbocycles. The standard InChI is InChI=1S/C14H12BrN3O.C9H13N3O2.C7H5BrClN3.C7H6ClN3.C7H7N3O.C7H8O.C3H3N3O2.C3H5N3.C3H4N2.Br2.Cl3OP.HNO3.Na.H2O4S.H2.H/c1-9-7-11(12-13(16-9)14(15)18-17-12)19-8-10-5-3-2-4-6-10;1-3-14-9(13)4-7(2)12-8-5-10-11-6-8;1-3-2-4(9)5-6(10-3)7(8)12-11-5;1-4-2-5(8)7-6(10-4)3-9-11-7;1-4-2-6(11)7-5(9-4)3-8-10-7;8-6-7-4-2-1-3-5-7;7-6(8)3-1-4-5-2-3;4-3-1-5-6-2-3;1-2-4-5-3-1;1-2;1-5(2,3)4;2-1(3)4;;1-5(2,3)4;;/h2-7H,8H2,1H3,(H,17,18);4-6,12H,3H2,1-2H3,(H,10,11);2H,1H3,(H,11,12);2-3H,1H3,(H,9,11);2-3H,1H3,(H,8,10)(H,9,11);1-5,8H,6H2;1-2H,(H,4,5);1-2H,4H2,(H,5,6);1-3H,(H,4,5);;;(H,2,3,4);;(H2,1,2,3,4);1H;/q;;;;;;;;;;;;+1;;;-1/b;7-4+;;;;;;;;;;;;;;. The molecule has 594 valence electrons. The average Bonchev–Trinajstić information content (AvgIpc) is 1.67. The summed E-state index contributed by atoms with van der Waals surface area (Å²) in [4.78, 5) is 55.8. The maximum absolute atomic E-state index is 11.2. The number of carbonyl (C=O) groups is 1. The normalized spacial score (nSPS) is 10.0. The van der Waals surface area contributed by atoms with Gasteiger partial charge in [-0.25, -0.2) is 19.7 Å². The predicted octanol–water partition coefficient (Wildman–Crippen LogP) is 12.8. The van der Waals surface area contributed by atoms with Crippen molar-refractivity contribution >= 4 is 200 Å². The first-order valence-corrected chi connectivity index (χ1v) is 41.7. The Hall–Kier alpha value is -8.80. The molecule has 39 nitrogen and oxygen atoms in total. The van der Waals surface area contributed by atoms with Crippen LogP contribution in [0.4, 0.5) is 17.1 Å². The Labute approximate surface area is 710 Å². The SMILES string of the molecule is BrBr.CCOC(=O)/C=C(\C)Nc1cn[nH]c1.Cc1cc(=O)c2[nH]ncc2[nH]1.Cc1cc(Cl)c2[nH]ncc2n1.Cc1cc(Cl)c2n[nH]c(Br)c2n1.Cc1cc(OCc2ccccc2)c2n[nH]c(Br)c2n1.Nc1cn[nH]c1.O=P(Cl)(Cl)Cl.O=S(=O)(O)O.O=[N+]([O-])O.O=[N+]([O-])c1cn[nH]c1.OCc1ccccc1.[H-].[HH].[Na+].c1cn[nH]c1. The maximum Gasteiger partial charge on any atom is 1.00 e. The number of nitrogens with one attached hydrogen (secondary N) is 10. The molecule has 12 aromatic heterocycles. The molecule has 14 aromatic rings. The zero-order valence-corrected chi connectivity index (χ0v) is 72.4. The van der Waals surface area contributed by atoms with Crippen molar-refractivity contribution in [3.63, 3.8) is 0 Å². The number of pyridine rings is 4. The molecule has 0 saturated carbocycles. The minimum Gasteiger partial charge on any atom is -1.00 e. The van der Waals surface area contributed by atoms with Gasteiger partial charge in [-0.15, -0.1) is 10.1 Å². The summed E-state index contributed by atoms with van der Waals surface area (Å²) in [6, 6.07) is 28.4. The van der Waals surface area contributed by atoms with Gasteiger partial charge in [-0.3, -0.25) is 69.4 Å². The van der Waals surface area contributed by atoms with Crippen LogP contribution in [-0.2, 0) is 37.7 Å². The van der Waals surface area contributed by atoms with Gasteiger partial charge in [0.05, 0.1) is 76.1 Å². The third-order valence-corrected chi connectivity index (χ3v) is 13.2. The third-order valence-electron chi connectivity index (χ3n) is 11.5. The summed E-state index contributed by atoms with van der Waals surface area (Å²) in [7, 11) is -4.67. The Kier molecular flexibility index (Phi) is 49.4. The van der Waals surface area contributed by atoms with Crippen molar-refractivity contribution < 1.29 is 89.1 Å². The number of aromatic amines is 9. The first-order valence-electron chi connectivity index (χ1n) is 29.8.